The minimum absolute atomic E-state index is 0.109. The third kappa shape index (κ3) is 3.93. The molecule has 4 aromatic rings. The number of rotatable bonds is 5. The van der Waals surface area contributed by atoms with E-state index < -0.39 is 0 Å². The lowest BCUT2D eigenvalue weighted by molar-refractivity contribution is 0.379. The fourth-order valence-corrected chi connectivity index (χ4v) is 3.49. The van der Waals surface area contributed by atoms with Gasteiger partial charge in [-0.25, -0.2) is 0 Å². The predicted molar refractivity (Wildman–Crippen MR) is 103 cm³/mol. The van der Waals surface area contributed by atoms with Gasteiger partial charge in [0.15, 0.2) is 0 Å². The molecule has 1 atom stereocenters. The number of thioether (sulfide) groups is 1. The predicted octanol–water partition coefficient (Wildman–Crippen LogP) is 5.26. The highest BCUT2D eigenvalue weighted by molar-refractivity contribution is 7.99. The number of aromatic nitrogens is 4. The van der Waals surface area contributed by atoms with E-state index >= 15 is 0 Å². The Morgan fingerprint density at radius 2 is 1.67 bits per heavy atom. The Hall–Kier alpha value is -2.93. The first-order valence-corrected chi connectivity index (χ1v) is 9.44. The lowest BCUT2D eigenvalue weighted by Crippen LogP contribution is -1.89. The van der Waals surface area contributed by atoms with Gasteiger partial charge in [-0.05, 0) is 32.9 Å². The topological polar surface area (TPSA) is 77.8 Å². The van der Waals surface area contributed by atoms with Gasteiger partial charge in [0.05, 0.1) is 5.25 Å². The Morgan fingerprint density at radius 3 is 2.41 bits per heavy atom. The Bertz CT molecular complexity index is 1040. The second-order valence-electron chi connectivity index (χ2n) is 6.33. The van der Waals surface area contributed by atoms with E-state index in [1.54, 1.807) is 0 Å². The molecule has 0 aliphatic carbocycles. The maximum atomic E-state index is 5.81. The quantitative estimate of drug-likeness (QED) is 0.438. The molecule has 6 nitrogen and oxygen atoms in total. The van der Waals surface area contributed by atoms with Crippen molar-refractivity contribution in [1.29, 1.82) is 0 Å². The van der Waals surface area contributed by atoms with Crippen molar-refractivity contribution >= 4 is 11.8 Å². The monoisotopic (exact) mass is 378 g/mol. The summed E-state index contributed by atoms with van der Waals surface area (Å²) in [4.78, 5) is 4.48. The summed E-state index contributed by atoms with van der Waals surface area (Å²) in [7, 11) is 0. The summed E-state index contributed by atoms with van der Waals surface area (Å²) >= 11 is 1.39. The Balaban J connectivity index is 1.50. The van der Waals surface area contributed by atoms with Gasteiger partial charge < -0.3 is 8.94 Å². The summed E-state index contributed by atoms with van der Waals surface area (Å²) in [5.74, 6) is 1.59. The van der Waals surface area contributed by atoms with Crippen LogP contribution in [-0.2, 0) is 0 Å². The van der Waals surface area contributed by atoms with Crippen molar-refractivity contribution < 1.29 is 8.94 Å². The first-order chi connectivity index (χ1) is 13.1. The molecule has 0 fully saturated rings. The number of nitrogens with zero attached hydrogens (tertiary/aromatic N) is 4. The molecule has 136 valence electrons. The van der Waals surface area contributed by atoms with Crippen molar-refractivity contribution in [2.24, 2.45) is 0 Å². The molecule has 0 saturated heterocycles. The van der Waals surface area contributed by atoms with Crippen LogP contribution >= 0.6 is 11.8 Å². The third-order valence-corrected chi connectivity index (χ3v) is 4.90. The van der Waals surface area contributed by atoms with Gasteiger partial charge in [0.25, 0.3) is 5.22 Å². The van der Waals surface area contributed by atoms with Crippen LogP contribution in [0.25, 0.3) is 22.8 Å². The number of hydrogen-bond acceptors (Lipinski definition) is 7. The van der Waals surface area contributed by atoms with E-state index in [1.807, 2.05) is 63.2 Å². The van der Waals surface area contributed by atoms with Gasteiger partial charge in [-0.15, -0.1) is 10.2 Å². The van der Waals surface area contributed by atoms with Gasteiger partial charge in [0.1, 0.15) is 0 Å². The number of hydrogen-bond donors (Lipinski definition) is 0. The van der Waals surface area contributed by atoms with E-state index in [0.29, 0.717) is 22.8 Å². The van der Waals surface area contributed by atoms with Crippen LogP contribution in [0.5, 0.6) is 0 Å². The third-order valence-electron chi connectivity index (χ3n) is 3.97. The molecule has 0 unspecified atom stereocenters. The van der Waals surface area contributed by atoms with Gasteiger partial charge in [0.2, 0.25) is 17.6 Å². The minimum Gasteiger partial charge on any atom is -0.411 e. The van der Waals surface area contributed by atoms with Crippen LogP contribution in [0.1, 0.15) is 29.2 Å². The van der Waals surface area contributed by atoms with E-state index in [9.17, 15) is 0 Å². The summed E-state index contributed by atoms with van der Waals surface area (Å²) in [6, 6.07) is 15.9. The maximum absolute atomic E-state index is 5.81. The summed E-state index contributed by atoms with van der Waals surface area (Å²) in [6.45, 7) is 6.06. The van der Waals surface area contributed by atoms with Crippen molar-refractivity contribution in [3.05, 3.63) is 65.5 Å². The van der Waals surface area contributed by atoms with Crippen molar-refractivity contribution in [2.45, 2.75) is 31.2 Å². The van der Waals surface area contributed by atoms with Gasteiger partial charge in [-0.3, -0.25) is 0 Å². The molecule has 0 spiro atoms. The van der Waals surface area contributed by atoms with Crippen LogP contribution < -0.4 is 0 Å². The Morgan fingerprint density at radius 1 is 0.926 bits per heavy atom. The summed E-state index contributed by atoms with van der Waals surface area (Å²) < 4.78 is 11.2. The molecule has 0 aliphatic heterocycles. The van der Waals surface area contributed by atoms with Crippen molar-refractivity contribution in [1.82, 2.24) is 20.3 Å². The Labute approximate surface area is 161 Å². The largest absolute Gasteiger partial charge is 0.411 e. The fourth-order valence-electron chi connectivity index (χ4n) is 2.78. The second kappa shape index (κ2) is 7.36. The average molecular weight is 378 g/mol. The molecule has 0 bridgehead atoms. The zero-order valence-corrected chi connectivity index (χ0v) is 16.0. The van der Waals surface area contributed by atoms with Crippen molar-refractivity contribution in [3.8, 4) is 22.8 Å². The van der Waals surface area contributed by atoms with Gasteiger partial charge in [-0.2, -0.15) is 4.98 Å². The highest BCUT2D eigenvalue weighted by Gasteiger charge is 2.20. The van der Waals surface area contributed by atoms with Gasteiger partial charge >= 0.3 is 0 Å². The molecule has 2 aromatic heterocycles. The zero-order chi connectivity index (χ0) is 18.8. The van der Waals surface area contributed by atoms with Crippen molar-refractivity contribution in [3.63, 3.8) is 0 Å². The summed E-state index contributed by atoms with van der Waals surface area (Å²) in [5, 5.41) is 12.7. The molecule has 0 aliphatic rings. The maximum Gasteiger partial charge on any atom is 0.277 e. The van der Waals surface area contributed by atoms with Gasteiger partial charge in [0, 0.05) is 11.1 Å². The lowest BCUT2D eigenvalue weighted by atomic mass is 10.1. The van der Waals surface area contributed by atoms with Crippen LogP contribution in [0.3, 0.4) is 0 Å². The van der Waals surface area contributed by atoms with Crippen LogP contribution in [0.2, 0.25) is 0 Å². The second-order valence-corrected chi connectivity index (χ2v) is 7.62. The Kier molecular flexibility index (Phi) is 4.77. The SMILES string of the molecule is Cc1cc(C)cc(-c2nnc(S[C@@H](C)c3nc(-c4ccccc4)no3)o2)c1. The smallest absolute Gasteiger partial charge is 0.277 e. The normalized spacial score (nSPS) is 12.3. The van der Waals surface area contributed by atoms with Crippen LogP contribution in [0, 0.1) is 13.8 Å². The molecule has 2 aromatic carbocycles. The molecule has 4 rings (SSSR count). The van der Waals surface area contributed by atoms with E-state index in [2.05, 4.69) is 26.4 Å². The first kappa shape index (κ1) is 17.5. The molecule has 2 heterocycles. The fraction of sp³-hybridized carbons (Fsp3) is 0.200. The molecular weight excluding hydrogens is 360 g/mol. The molecule has 0 radical (unpaired) electrons. The number of benzene rings is 2. The lowest BCUT2D eigenvalue weighted by Gasteiger charge is -2.02. The van der Waals surface area contributed by atoms with Crippen LogP contribution in [-0.4, -0.2) is 20.3 Å². The molecule has 0 saturated carbocycles. The number of aryl methyl sites for hydroxylation is 2. The molecule has 0 N–H and O–H groups in total. The van der Waals surface area contributed by atoms with E-state index in [4.69, 9.17) is 8.94 Å². The average Bonchev–Trinajstić information content (AvgIpc) is 3.31. The van der Waals surface area contributed by atoms with Gasteiger partial charge in [-0.1, -0.05) is 64.4 Å². The molecule has 27 heavy (non-hydrogen) atoms. The highest BCUT2D eigenvalue weighted by Crippen LogP contribution is 2.35. The van der Waals surface area contributed by atoms with E-state index in [0.717, 1.165) is 22.3 Å². The molecule has 0 amide bonds. The minimum atomic E-state index is -0.109. The molecule has 7 heteroatoms. The van der Waals surface area contributed by atoms with Crippen molar-refractivity contribution in [2.75, 3.05) is 0 Å². The first-order valence-electron chi connectivity index (χ1n) is 8.56. The summed E-state index contributed by atoms with van der Waals surface area (Å²) in [6.07, 6.45) is 0. The standard InChI is InChI=1S/C20H18N4O2S/c1-12-9-13(2)11-16(10-12)19-22-23-20(25-19)27-14(3)18-21-17(24-26-18)15-7-5-4-6-8-15/h4-11,14H,1-3H3/t14-/m0/s1. The zero-order valence-electron chi connectivity index (χ0n) is 15.2. The molecular formula is C20H18N4O2S. The highest BCUT2D eigenvalue weighted by atomic mass is 32.2. The van der Waals surface area contributed by atoms with E-state index in [-0.39, 0.29) is 5.25 Å². The van der Waals surface area contributed by atoms with Crippen LogP contribution in [0.4, 0.5) is 0 Å². The van der Waals surface area contributed by atoms with E-state index in [1.165, 1.54) is 11.8 Å². The van der Waals surface area contributed by atoms with Crippen LogP contribution in [0.15, 0.2) is 62.7 Å². The summed E-state index contributed by atoms with van der Waals surface area (Å²) in [5.41, 5.74) is 4.15.